The molecule has 4 nitrogen and oxygen atoms in total. The van der Waals surface area contributed by atoms with Crippen LogP contribution in [0.1, 0.15) is 35.4 Å². The lowest BCUT2D eigenvalue weighted by Gasteiger charge is -2.31. The van der Waals surface area contributed by atoms with Gasteiger partial charge < -0.3 is 14.6 Å². The maximum atomic E-state index is 12.6. The normalized spacial score (nSPS) is 15.7. The van der Waals surface area contributed by atoms with Crippen molar-refractivity contribution in [2.24, 2.45) is 5.92 Å². The van der Waals surface area contributed by atoms with E-state index in [0.717, 1.165) is 49.4 Å². The van der Waals surface area contributed by atoms with Gasteiger partial charge in [0, 0.05) is 18.5 Å². The smallest absolute Gasteiger partial charge is 0.289 e. The summed E-state index contributed by atoms with van der Waals surface area (Å²) in [5, 5.41) is 4.21. The molecular formula is C18H25ClN2O2. The van der Waals surface area contributed by atoms with Gasteiger partial charge in [-0.2, -0.15) is 0 Å². The summed E-state index contributed by atoms with van der Waals surface area (Å²) in [6.07, 6.45) is 3.38. The number of hydrogen-bond donors (Lipinski definition) is 1. The summed E-state index contributed by atoms with van der Waals surface area (Å²) in [4.78, 5) is 14.5. The molecule has 1 aromatic carbocycles. The van der Waals surface area contributed by atoms with Crippen LogP contribution in [0.15, 0.2) is 28.7 Å². The third kappa shape index (κ3) is 4.06. The summed E-state index contributed by atoms with van der Waals surface area (Å²) in [6, 6.07) is 7.87. The van der Waals surface area contributed by atoms with E-state index in [-0.39, 0.29) is 18.3 Å². The fraction of sp³-hybridized carbons (Fsp3) is 0.500. The minimum atomic E-state index is 0. The number of benzene rings is 1. The van der Waals surface area contributed by atoms with Crippen molar-refractivity contribution in [1.82, 2.24) is 10.2 Å². The van der Waals surface area contributed by atoms with E-state index in [2.05, 4.69) is 11.4 Å². The molecule has 0 spiro atoms. The number of nitrogens with zero attached hydrogens (tertiary/aromatic N) is 1. The molecule has 2 aromatic rings. The second-order valence-corrected chi connectivity index (χ2v) is 6.28. The van der Waals surface area contributed by atoms with E-state index in [0.29, 0.717) is 5.76 Å². The van der Waals surface area contributed by atoms with Crippen LogP contribution in [0, 0.1) is 12.8 Å². The van der Waals surface area contributed by atoms with Crippen molar-refractivity contribution in [3.05, 3.63) is 35.6 Å². The van der Waals surface area contributed by atoms with Crippen LogP contribution in [0.4, 0.5) is 0 Å². The maximum Gasteiger partial charge on any atom is 0.289 e. The quantitative estimate of drug-likeness (QED) is 0.927. The number of carbonyl (C=O) groups excluding carboxylic acids is 1. The number of halogens is 1. The molecule has 1 aliphatic heterocycles. The van der Waals surface area contributed by atoms with Gasteiger partial charge in [0.1, 0.15) is 5.58 Å². The van der Waals surface area contributed by atoms with Crippen molar-refractivity contribution in [3.63, 3.8) is 0 Å². The molecule has 0 saturated carbocycles. The Morgan fingerprint density at radius 2 is 2.04 bits per heavy atom. The predicted octanol–water partition coefficient (Wildman–Crippen LogP) is 3.62. The molecule has 1 saturated heterocycles. The number of hydrogen-bond acceptors (Lipinski definition) is 3. The first kappa shape index (κ1) is 17.8. The molecule has 126 valence electrons. The molecule has 0 unspecified atom stereocenters. The van der Waals surface area contributed by atoms with Crippen LogP contribution >= 0.6 is 12.4 Å². The molecule has 0 radical (unpaired) electrons. The molecule has 1 N–H and O–H groups in total. The molecule has 1 aromatic heterocycles. The second kappa shape index (κ2) is 7.84. The summed E-state index contributed by atoms with van der Waals surface area (Å²) in [5.74, 6) is 1.23. The number of piperidine rings is 1. The third-order valence-corrected chi connectivity index (χ3v) is 4.59. The fourth-order valence-corrected chi connectivity index (χ4v) is 3.20. The fourth-order valence-electron chi connectivity index (χ4n) is 3.20. The Hall–Kier alpha value is -1.52. The van der Waals surface area contributed by atoms with Gasteiger partial charge in [0.15, 0.2) is 5.76 Å². The number of fused-ring (bicyclic) bond motifs is 1. The average Bonchev–Trinajstić information content (AvgIpc) is 2.95. The minimum Gasteiger partial charge on any atom is -0.451 e. The lowest BCUT2D eigenvalue weighted by Crippen LogP contribution is -2.38. The van der Waals surface area contributed by atoms with E-state index in [1.807, 2.05) is 37.1 Å². The Bertz CT molecular complexity index is 660. The van der Waals surface area contributed by atoms with Gasteiger partial charge in [0.05, 0.1) is 0 Å². The summed E-state index contributed by atoms with van der Waals surface area (Å²) in [6.45, 7) is 4.78. The SMILES string of the molecule is CNCCC1CCN(C(=O)c2cc3cc(C)ccc3o2)CC1.Cl. The molecule has 3 rings (SSSR count). The highest BCUT2D eigenvalue weighted by atomic mass is 35.5. The zero-order chi connectivity index (χ0) is 15.5. The molecule has 0 aliphatic carbocycles. The number of nitrogens with one attached hydrogen (secondary N) is 1. The lowest BCUT2D eigenvalue weighted by atomic mass is 9.93. The molecule has 2 heterocycles. The molecule has 1 fully saturated rings. The van der Waals surface area contributed by atoms with Gasteiger partial charge in [-0.25, -0.2) is 0 Å². The summed E-state index contributed by atoms with van der Waals surface area (Å²) in [5.41, 5.74) is 1.97. The number of amides is 1. The number of furan rings is 1. The molecule has 5 heteroatoms. The maximum absolute atomic E-state index is 12.6. The molecule has 1 aliphatic rings. The van der Waals surface area contributed by atoms with Crippen LogP contribution < -0.4 is 5.32 Å². The van der Waals surface area contributed by atoms with Crippen LogP contribution in [0.3, 0.4) is 0 Å². The number of carbonyl (C=O) groups is 1. The highest BCUT2D eigenvalue weighted by Crippen LogP contribution is 2.25. The lowest BCUT2D eigenvalue weighted by molar-refractivity contribution is 0.0657. The van der Waals surface area contributed by atoms with E-state index in [4.69, 9.17) is 4.42 Å². The number of rotatable bonds is 4. The highest BCUT2D eigenvalue weighted by molar-refractivity contribution is 5.96. The largest absolute Gasteiger partial charge is 0.451 e. The van der Waals surface area contributed by atoms with E-state index in [1.165, 1.54) is 12.0 Å². The van der Waals surface area contributed by atoms with Crippen molar-refractivity contribution in [2.75, 3.05) is 26.7 Å². The van der Waals surface area contributed by atoms with Crippen LogP contribution in [0.25, 0.3) is 11.0 Å². The summed E-state index contributed by atoms with van der Waals surface area (Å²) < 4.78 is 5.73. The summed E-state index contributed by atoms with van der Waals surface area (Å²) in [7, 11) is 1.99. The van der Waals surface area contributed by atoms with Crippen LogP contribution in [-0.4, -0.2) is 37.5 Å². The first-order valence-electron chi connectivity index (χ1n) is 8.11. The molecule has 23 heavy (non-hydrogen) atoms. The van der Waals surface area contributed by atoms with Gasteiger partial charge in [-0.15, -0.1) is 12.4 Å². The zero-order valence-electron chi connectivity index (χ0n) is 13.8. The van der Waals surface area contributed by atoms with E-state index in [9.17, 15) is 4.79 Å². The Balaban J connectivity index is 0.00000192. The number of likely N-dealkylation sites (tertiary alicyclic amines) is 1. The first-order valence-corrected chi connectivity index (χ1v) is 8.11. The molecule has 0 atom stereocenters. The van der Waals surface area contributed by atoms with Gasteiger partial charge in [-0.3, -0.25) is 4.79 Å². The number of aryl methyl sites for hydroxylation is 1. The Morgan fingerprint density at radius 1 is 1.30 bits per heavy atom. The Labute approximate surface area is 143 Å². The van der Waals surface area contributed by atoms with Gasteiger partial charge >= 0.3 is 0 Å². The minimum absolute atomic E-state index is 0. The van der Waals surface area contributed by atoms with Crippen molar-refractivity contribution in [1.29, 1.82) is 0 Å². The molecule has 1 amide bonds. The standard InChI is InChI=1S/C18H24N2O2.ClH/c1-13-3-4-16-15(11-13)12-17(22-16)18(21)20-9-6-14(7-10-20)5-8-19-2;/h3-4,11-12,14,19H,5-10H2,1-2H3;1H. The van der Waals surface area contributed by atoms with E-state index in [1.54, 1.807) is 0 Å². The van der Waals surface area contributed by atoms with Gasteiger partial charge in [-0.1, -0.05) is 11.6 Å². The Morgan fingerprint density at radius 3 is 2.74 bits per heavy atom. The molecule has 0 bridgehead atoms. The summed E-state index contributed by atoms with van der Waals surface area (Å²) >= 11 is 0. The topological polar surface area (TPSA) is 45.5 Å². The van der Waals surface area contributed by atoms with Crippen molar-refractivity contribution < 1.29 is 9.21 Å². The third-order valence-electron chi connectivity index (χ3n) is 4.59. The monoisotopic (exact) mass is 336 g/mol. The Kier molecular flexibility index (Phi) is 6.08. The molecular weight excluding hydrogens is 312 g/mol. The second-order valence-electron chi connectivity index (χ2n) is 6.28. The van der Waals surface area contributed by atoms with Crippen molar-refractivity contribution in [2.45, 2.75) is 26.2 Å². The van der Waals surface area contributed by atoms with Gasteiger partial charge in [0.2, 0.25) is 0 Å². The zero-order valence-corrected chi connectivity index (χ0v) is 14.6. The van der Waals surface area contributed by atoms with E-state index >= 15 is 0 Å². The van der Waals surface area contributed by atoms with Crippen molar-refractivity contribution in [3.8, 4) is 0 Å². The average molecular weight is 337 g/mol. The van der Waals surface area contributed by atoms with Crippen LogP contribution in [0.2, 0.25) is 0 Å². The van der Waals surface area contributed by atoms with Gasteiger partial charge in [0.25, 0.3) is 5.91 Å². The van der Waals surface area contributed by atoms with E-state index < -0.39 is 0 Å². The van der Waals surface area contributed by atoms with Crippen LogP contribution in [0.5, 0.6) is 0 Å². The first-order chi connectivity index (χ1) is 10.7. The predicted molar refractivity (Wildman–Crippen MR) is 95.4 cm³/mol. The van der Waals surface area contributed by atoms with Crippen LogP contribution in [-0.2, 0) is 0 Å². The van der Waals surface area contributed by atoms with Gasteiger partial charge in [-0.05, 0) is 63.9 Å². The highest BCUT2D eigenvalue weighted by Gasteiger charge is 2.25. The van der Waals surface area contributed by atoms with Crippen molar-refractivity contribution >= 4 is 29.3 Å².